The van der Waals surface area contributed by atoms with Crippen molar-refractivity contribution in [2.45, 2.75) is 40.2 Å². The van der Waals surface area contributed by atoms with Crippen LogP contribution in [0.4, 0.5) is 11.6 Å². The Kier molecular flexibility index (Phi) is 7.14. The summed E-state index contributed by atoms with van der Waals surface area (Å²) in [6.45, 7) is 8.28. The van der Waals surface area contributed by atoms with E-state index < -0.39 is 0 Å². The average molecular weight is 267 g/mol. The maximum absolute atomic E-state index is 5.42. The van der Waals surface area contributed by atoms with E-state index >= 15 is 0 Å². The molecule has 1 aromatic rings. The number of nitrogen functional groups attached to an aromatic ring is 1. The molecular formula is C13H25N5O. The molecule has 1 rings (SSSR count). The van der Waals surface area contributed by atoms with Crippen molar-refractivity contribution in [2.24, 2.45) is 11.8 Å². The van der Waals surface area contributed by atoms with Crippen LogP contribution in [0.3, 0.4) is 0 Å². The highest BCUT2D eigenvalue weighted by molar-refractivity contribution is 5.46. The summed E-state index contributed by atoms with van der Waals surface area (Å²) >= 11 is 0. The summed E-state index contributed by atoms with van der Waals surface area (Å²) in [7, 11) is 0. The summed E-state index contributed by atoms with van der Waals surface area (Å²) in [5.41, 5.74) is 2.55. The SMILES string of the molecule is CCOCc1nc(NN)cc(NCC(CC)CC)n1. The minimum Gasteiger partial charge on any atom is -0.374 e. The molecule has 0 saturated heterocycles. The van der Waals surface area contributed by atoms with E-state index in [0.29, 0.717) is 30.8 Å². The zero-order chi connectivity index (χ0) is 14.1. The molecule has 4 N–H and O–H groups in total. The zero-order valence-corrected chi connectivity index (χ0v) is 12.1. The lowest BCUT2D eigenvalue weighted by Crippen LogP contribution is -2.16. The van der Waals surface area contributed by atoms with Crippen molar-refractivity contribution < 1.29 is 4.74 Å². The maximum Gasteiger partial charge on any atom is 0.158 e. The fourth-order valence-corrected chi connectivity index (χ4v) is 1.75. The molecular weight excluding hydrogens is 242 g/mol. The molecule has 0 aromatic carbocycles. The second-order valence-corrected chi connectivity index (χ2v) is 4.40. The fraction of sp³-hybridized carbons (Fsp3) is 0.692. The molecule has 1 aromatic heterocycles. The van der Waals surface area contributed by atoms with Gasteiger partial charge in [0, 0.05) is 19.2 Å². The summed E-state index contributed by atoms with van der Waals surface area (Å²) in [5.74, 6) is 8.07. The van der Waals surface area contributed by atoms with Gasteiger partial charge in [-0.2, -0.15) is 0 Å². The van der Waals surface area contributed by atoms with E-state index in [9.17, 15) is 0 Å². The highest BCUT2D eigenvalue weighted by atomic mass is 16.5. The lowest BCUT2D eigenvalue weighted by molar-refractivity contribution is 0.128. The van der Waals surface area contributed by atoms with Crippen LogP contribution in [0.2, 0.25) is 0 Å². The number of ether oxygens (including phenoxy) is 1. The van der Waals surface area contributed by atoms with E-state index in [0.717, 1.165) is 25.2 Å². The molecule has 0 aliphatic heterocycles. The van der Waals surface area contributed by atoms with Gasteiger partial charge in [0.15, 0.2) is 5.82 Å². The number of rotatable bonds is 9. The predicted octanol–water partition coefficient (Wildman–Crippen LogP) is 2.15. The Morgan fingerprint density at radius 3 is 2.47 bits per heavy atom. The van der Waals surface area contributed by atoms with Crippen molar-refractivity contribution in [3.8, 4) is 0 Å². The van der Waals surface area contributed by atoms with Crippen LogP contribution in [0.15, 0.2) is 6.07 Å². The van der Waals surface area contributed by atoms with Crippen LogP contribution in [0.5, 0.6) is 0 Å². The van der Waals surface area contributed by atoms with Gasteiger partial charge in [0.25, 0.3) is 0 Å². The molecule has 1 heterocycles. The van der Waals surface area contributed by atoms with Gasteiger partial charge < -0.3 is 15.5 Å². The summed E-state index contributed by atoms with van der Waals surface area (Å²) in [6, 6.07) is 1.80. The first-order valence-electron chi connectivity index (χ1n) is 6.89. The Labute approximate surface area is 115 Å². The third-order valence-electron chi connectivity index (χ3n) is 3.08. The quantitative estimate of drug-likeness (QED) is 0.469. The van der Waals surface area contributed by atoms with Crippen LogP contribution in [0.1, 0.15) is 39.4 Å². The van der Waals surface area contributed by atoms with Gasteiger partial charge in [-0.3, -0.25) is 0 Å². The lowest BCUT2D eigenvalue weighted by Gasteiger charge is -2.15. The van der Waals surface area contributed by atoms with Crippen LogP contribution < -0.4 is 16.6 Å². The molecule has 0 radical (unpaired) electrons. The molecule has 0 amide bonds. The molecule has 108 valence electrons. The number of anilines is 2. The zero-order valence-electron chi connectivity index (χ0n) is 12.1. The Morgan fingerprint density at radius 2 is 1.89 bits per heavy atom. The predicted molar refractivity (Wildman–Crippen MR) is 77.7 cm³/mol. The van der Waals surface area contributed by atoms with Crippen molar-refractivity contribution in [1.29, 1.82) is 0 Å². The highest BCUT2D eigenvalue weighted by Crippen LogP contribution is 2.13. The second kappa shape index (κ2) is 8.66. The number of hydrogen-bond acceptors (Lipinski definition) is 6. The summed E-state index contributed by atoms with van der Waals surface area (Å²) < 4.78 is 5.32. The first kappa shape index (κ1) is 15.7. The molecule has 0 aliphatic carbocycles. The van der Waals surface area contributed by atoms with Crippen LogP contribution in [-0.4, -0.2) is 23.1 Å². The number of nitrogens with one attached hydrogen (secondary N) is 2. The lowest BCUT2D eigenvalue weighted by atomic mass is 10.0. The minimum absolute atomic E-state index is 0.395. The number of hydrazine groups is 1. The summed E-state index contributed by atoms with van der Waals surface area (Å²) in [6.07, 6.45) is 2.31. The largest absolute Gasteiger partial charge is 0.374 e. The Morgan fingerprint density at radius 1 is 1.21 bits per heavy atom. The number of hydrogen-bond donors (Lipinski definition) is 3. The molecule has 0 saturated carbocycles. The molecule has 6 heteroatoms. The normalized spacial score (nSPS) is 10.8. The maximum atomic E-state index is 5.42. The number of aromatic nitrogens is 2. The van der Waals surface area contributed by atoms with Gasteiger partial charge in [0.05, 0.1) is 0 Å². The third kappa shape index (κ3) is 5.40. The van der Waals surface area contributed by atoms with Crippen LogP contribution in [-0.2, 0) is 11.3 Å². The fourth-order valence-electron chi connectivity index (χ4n) is 1.75. The van der Waals surface area contributed by atoms with Crippen LogP contribution >= 0.6 is 0 Å². The molecule has 0 atom stereocenters. The van der Waals surface area contributed by atoms with E-state index in [-0.39, 0.29) is 0 Å². The summed E-state index contributed by atoms with van der Waals surface area (Å²) in [5, 5.41) is 3.34. The molecule has 6 nitrogen and oxygen atoms in total. The Bertz CT molecular complexity index is 368. The van der Waals surface area contributed by atoms with E-state index in [1.165, 1.54) is 0 Å². The molecule has 0 spiro atoms. The van der Waals surface area contributed by atoms with Crippen molar-refractivity contribution >= 4 is 11.6 Å². The van der Waals surface area contributed by atoms with Crippen molar-refractivity contribution in [3.63, 3.8) is 0 Å². The van der Waals surface area contributed by atoms with Gasteiger partial charge in [0.2, 0.25) is 0 Å². The molecule has 0 bridgehead atoms. The monoisotopic (exact) mass is 267 g/mol. The van der Waals surface area contributed by atoms with Gasteiger partial charge in [-0.1, -0.05) is 26.7 Å². The number of nitrogens with zero attached hydrogens (tertiary/aromatic N) is 2. The van der Waals surface area contributed by atoms with Gasteiger partial charge in [-0.25, -0.2) is 15.8 Å². The van der Waals surface area contributed by atoms with E-state index in [1.807, 2.05) is 6.92 Å². The first-order valence-corrected chi connectivity index (χ1v) is 6.89. The van der Waals surface area contributed by atoms with Gasteiger partial charge in [-0.15, -0.1) is 0 Å². The van der Waals surface area contributed by atoms with Gasteiger partial charge in [0.1, 0.15) is 18.2 Å². The molecule has 0 aliphatic rings. The van der Waals surface area contributed by atoms with Crippen LogP contribution in [0, 0.1) is 5.92 Å². The average Bonchev–Trinajstić information content (AvgIpc) is 2.46. The Hall–Kier alpha value is -1.40. The third-order valence-corrected chi connectivity index (χ3v) is 3.08. The van der Waals surface area contributed by atoms with Crippen molar-refractivity contribution in [2.75, 3.05) is 23.9 Å². The topological polar surface area (TPSA) is 85.1 Å². The van der Waals surface area contributed by atoms with Gasteiger partial charge >= 0.3 is 0 Å². The standard InChI is InChI=1S/C13H25N5O/c1-4-10(5-2)8-15-11-7-12(18-14)17-13(16-11)9-19-6-3/h7,10H,4-6,8-9,14H2,1-3H3,(H2,15,16,17,18). The van der Waals surface area contributed by atoms with Crippen LogP contribution in [0.25, 0.3) is 0 Å². The molecule has 19 heavy (non-hydrogen) atoms. The Balaban J connectivity index is 2.70. The van der Waals surface area contributed by atoms with Gasteiger partial charge in [-0.05, 0) is 12.8 Å². The second-order valence-electron chi connectivity index (χ2n) is 4.40. The smallest absolute Gasteiger partial charge is 0.158 e. The van der Waals surface area contributed by atoms with Crippen molar-refractivity contribution in [1.82, 2.24) is 9.97 Å². The first-order chi connectivity index (χ1) is 9.23. The van der Waals surface area contributed by atoms with Crippen molar-refractivity contribution in [3.05, 3.63) is 11.9 Å². The molecule has 0 fully saturated rings. The van der Waals surface area contributed by atoms with E-state index in [2.05, 4.69) is 34.6 Å². The highest BCUT2D eigenvalue weighted by Gasteiger charge is 2.07. The van der Waals surface area contributed by atoms with E-state index in [4.69, 9.17) is 10.6 Å². The summed E-state index contributed by atoms with van der Waals surface area (Å²) in [4.78, 5) is 8.66. The van der Waals surface area contributed by atoms with E-state index in [1.54, 1.807) is 6.07 Å². The molecule has 0 unspecified atom stereocenters. The minimum atomic E-state index is 0.395. The number of nitrogens with two attached hydrogens (primary N) is 1.